The molecule has 1 heteroatoms. The van der Waals surface area contributed by atoms with Crippen molar-refractivity contribution in [2.45, 2.75) is 26.7 Å². The predicted octanol–water partition coefficient (Wildman–Crippen LogP) is 3.04. The van der Waals surface area contributed by atoms with Gasteiger partial charge in [0.2, 0.25) is 0 Å². The van der Waals surface area contributed by atoms with E-state index in [1.54, 1.807) is 0 Å². The van der Waals surface area contributed by atoms with Crippen molar-refractivity contribution in [1.29, 1.82) is 0 Å². The number of rotatable bonds is 3. The van der Waals surface area contributed by atoms with Crippen LogP contribution in [0.25, 0.3) is 0 Å². The maximum absolute atomic E-state index is 10.3. The lowest BCUT2D eigenvalue weighted by Crippen LogP contribution is -1.93. The highest BCUT2D eigenvalue weighted by atomic mass is 16.1. The van der Waals surface area contributed by atoms with Crippen LogP contribution in [0.3, 0.4) is 0 Å². The van der Waals surface area contributed by atoms with Crippen molar-refractivity contribution < 1.29 is 4.79 Å². The smallest absolute Gasteiger partial charge is 0.145 e. The molecule has 0 saturated heterocycles. The van der Waals surface area contributed by atoms with E-state index in [-0.39, 0.29) is 0 Å². The molecule has 0 radical (unpaired) electrons. The van der Waals surface area contributed by atoms with Crippen LogP contribution in [-0.4, -0.2) is 6.29 Å². The van der Waals surface area contributed by atoms with Crippen molar-refractivity contribution in [1.82, 2.24) is 0 Å². The zero-order chi connectivity index (χ0) is 9.68. The number of carbonyl (C=O) groups excluding carboxylic acids is 1. The standard InChI is InChI=1S/C12H16O/c1-10-3-6-12(7-4-10)8-5-11(2)9-13/h3,5-7,9-10H,4,8H2,1-2H3/b11-5+. The number of aldehydes is 1. The summed E-state index contributed by atoms with van der Waals surface area (Å²) in [6.45, 7) is 4.04. The van der Waals surface area contributed by atoms with Gasteiger partial charge in [0.15, 0.2) is 0 Å². The molecule has 0 aromatic heterocycles. The third kappa shape index (κ3) is 3.41. The van der Waals surface area contributed by atoms with Crippen LogP contribution < -0.4 is 0 Å². The summed E-state index contributed by atoms with van der Waals surface area (Å²) in [4.78, 5) is 10.3. The van der Waals surface area contributed by atoms with E-state index >= 15 is 0 Å². The van der Waals surface area contributed by atoms with Gasteiger partial charge in [0.1, 0.15) is 6.29 Å². The zero-order valence-corrected chi connectivity index (χ0v) is 8.29. The Kier molecular flexibility index (Phi) is 3.69. The van der Waals surface area contributed by atoms with E-state index in [4.69, 9.17) is 0 Å². The van der Waals surface area contributed by atoms with Gasteiger partial charge >= 0.3 is 0 Å². The Morgan fingerprint density at radius 3 is 3.00 bits per heavy atom. The zero-order valence-electron chi connectivity index (χ0n) is 8.29. The largest absolute Gasteiger partial charge is 0.298 e. The Balaban J connectivity index is 2.48. The summed E-state index contributed by atoms with van der Waals surface area (Å²) >= 11 is 0. The molecule has 1 nitrogen and oxygen atoms in total. The van der Waals surface area contributed by atoms with Gasteiger partial charge in [0.05, 0.1) is 0 Å². The molecule has 1 aliphatic carbocycles. The van der Waals surface area contributed by atoms with Crippen LogP contribution in [0.5, 0.6) is 0 Å². The van der Waals surface area contributed by atoms with Gasteiger partial charge in [-0.05, 0) is 36.8 Å². The fourth-order valence-electron chi connectivity index (χ4n) is 1.25. The van der Waals surface area contributed by atoms with E-state index in [1.807, 2.05) is 13.0 Å². The highest BCUT2D eigenvalue weighted by Gasteiger charge is 2.01. The molecule has 0 spiro atoms. The molecule has 0 bridgehead atoms. The maximum atomic E-state index is 10.3. The van der Waals surface area contributed by atoms with Crippen LogP contribution in [0.2, 0.25) is 0 Å². The van der Waals surface area contributed by atoms with Crippen LogP contribution in [0.1, 0.15) is 26.7 Å². The fourth-order valence-corrected chi connectivity index (χ4v) is 1.25. The molecule has 0 amide bonds. The van der Waals surface area contributed by atoms with Gasteiger partial charge in [-0.25, -0.2) is 0 Å². The Morgan fingerprint density at radius 2 is 2.46 bits per heavy atom. The molecule has 1 atom stereocenters. The van der Waals surface area contributed by atoms with E-state index in [2.05, 4.69) is 25.2 Å². The lowest BCUT2D eigenvalue weighted by molar-refractivity contribution is -0.104. The van der Waals surface area contributed by atoms with Gasteiger partial charge in [-0.2, -0.15) is 0 Å². The van der Waals surface area contributed by atoms with Gasteiger partial charge in [-0.15, -0.1) is 0 Å². The van der Waals surface area contributed by atoms with Crippen molar-refractivity contribution in [2.24, 2.45) is 5.92 Å². The maximum Gasteiger partial charge on any atom is 0.145 e. The molecule has 0 heterocycles. The summed E-state index contributed by atoms with van der Waals surface area (Å²) in [5.41, 5.74) is 2.13. The van der Waals surface area contributed by atoms with Gasteiger partial charge in [-0.1, -0.05) is 31.2 Å². The third-order valence-corrected chi connectivity index (χ3v) is 2.24. The monoisotopic (exact) mass is 176 g/mol. The molecule has 70 valence electrons. The average Bonchev–Trinajstić information content (AvgIpc) is 2.16. The van der Waals surface area contributed by atoms with Crippen LogP contribution in [0.4, 0.5) is 0 Å². The summed E-state index contributed by atoms with van der Waals surface area (Å²) in [5.74, 6) is 0.667. The van der Waals surface area contributed by atoms with Crippen LogP contribution in [-0.2, 0) is 4.79 Å². The molecular formula is C12H16O. The first kappa shape index (κ1) is 9.97. The third-order valence-electron chi connectivity index (χ3n) is 2.24. The molecule has 0 aromatic rings. The first-order chi connectivity index (χ1) is 6.22. The summed E-state index contributed by atoms with van der Waals surface area (Å²) in [7, 11) is 0. The van der Waals surface area contributed by atoms with Crippen LogP contribution in [0.15, 0.2) is 35.5 Å². The molecule has 1 unspecified atom stereocenters. The second-order valence-corrected chi connectivity index (χ2v) is 3.62. The topological polar surface area (TPSA) is 17.1 Å². The molecule has 1 rings (SSSR count). The van der Waals surface area contributed by atoms with Crippen molar-refractivity contribution in [3.8, 4) is 0 Å². The van der Waals surface area contributed by atoms with Gasteiger partial charge < -0.3 is 0 Å². The lowest BCUT2D eigenvalue weighted by Gasteiger charge is -2.09. The average molecular weight is 176 g/mol. The Labute approximate surface area is 79.8 Å². The number of hydrogen-bond acceptors (Lipinski definition) is 1. The lowest BCUT2D eigenvalue weighted by atomic mass is 9.96. The van der Waals surface area contributed by atoms with Crippen molar-refractivity contribution >= 4 is 6.29 Å². The normalized spacial score (nSPS) is 22.8. The van der Waals surface area contributed by atoms with Crippen LogP contribution >= 0.6 is 0 Å². The second-order valence-electron chi connectivity index (χ2n) is 3.62. The minimum atomic E-state index is 0.667. The van der Waals surface area contributed by atoms with Gasteiger partial charge in [0, 0.05) is 0 Å². The number of carbonyl (C=O) groups is 1. The summed E-state index contributed by atoms with van der Waals surface area (Å²) < 4.78 is 0. The number of hydrogen-bond donors (Lipinski definition) is 0. The van der Waals surface area contributed by atoms with E-state index in [0.717, 1.165) is 24.7 Å². The minimum absolute atomic E-state index is 0.667. The van der Waals surface area contributed by atoms with Crippen LogP contribution in [0, 0.1) is 5.92 Å². The first-order valence-corrected chi connectivity index (χ1v) is 4.71. The highest BCUT2D eigenvalue weighted by molar-refractivity contribution is 5.72. The predicted molar refractivity (Wildman–Crippen MR) is 55.4 cm³/mol. The van der Waals surface area contributed by atoms with E-state index < -0.39 is 0 Å². The quantitative estimate of drug-likeness (QED) is 0.477. The van der Waals surface area contributed by atoms with Crippen molar-refractivity contribution in [3.63, 3.8) is 0 Å². The molecule has 13 heavy (non-hydrogen) atoms. The second kappa shape index (κ2) is 4.80. The first-order valence-electron chi connectivity index (χ1n) is 4.71. The fraction of sp³-hybridized carbons (Fsp3) is 0.417. The SMILES string of the molecule is C/C(C=O)=C\CC1=CCC(C)C=C1. The highest BCUT2D eigenvalue weighted by Crippen LogP contribution is 2.18. The number of allylic oxidation sites excluding steroid dienone is 6. The molecule has 1 aliphatic rings. The molecule has 0 fully saturated rings. The van der Waals surface area contributed by atoms with Gasteiger partial charge in [0.25, 0.3) is 0 Å². The molecule has 0 N–H and O–H groups in total. The van der Waals surface area contributed by atoms with E-state index in [9.17, 15) is 4.79 Å². The van der Waals surface area contributed by atoms with Crippen molar-refractivity contribution in [2.75, 3.05) is 0 Å². The minimum Gasteiger partial charge on any atom is -0.298 e. The molecule has 0 aliphatic heterocycles. The summed E-state index contributed by atoms with van der Waals surface area (Å²) in [6.07, 6.45) is 11.5. The Hall–Kier alpha value is -1.11. The molecule has 0 aromatic carbocycles. The Bertz CT molecular complexity index is 269. The van der Waals surface area contributed by atoms with E-state index in [1.165, 1.54) is 5.57 Å². The van der Waals surface area contributed by atoms with Gasteiger partial charge in [-0.3, -0.25) is 4.79 Å². The summed E-state index contributed by atoms with van der Waals surface area (Å²) in [6, 6.07) is 0. The van der Waals surface area contributed by atoms with E-state index in [0.29, 0.717) is 5.92 Å². The molecular weight excluding hydrogens is 160 g/mol. The Morgan fingerprint density at radius 1 is 1.69 bits per heavy atom. The van der Waals surface area contributed by atoms with Crippen molar-refractivity contribution in [3.05, 3.63) is 35.5 Å². The molecule has 0 saturated carbocycles. The summed E-state index contributed by atoms with van der Waals surface area (Å²) in [5, 5.41) is 0.